The Bertz CT molecular complexity index is 537. The molecule has 0 spiro atoms. The highest BCUT2D eigenvalue weighted by atomic mass is 32.1. The van der Waals surface area contributed by atoms with Gasteiger partial charge in [0.25, 0.3) is 0 Å². The Morgan fingerprint density at radius 1 is 1.21 bits per heavy atom. The molecule has 0 radical (unpaired) electrons. The summed E-state index contributed by atoms with van der Waals surface area (Å²) in [6.07, 6.45) is 3.26. The Hall–Kier alpha value is -1.16. The van der Waals surface area contributed by atoms with Gasteiger partial charge < -0.3 is 10.4 Å². The maximum Gasteiger partial charge on any atom is 0.0674 e. The zero-order chi connectivity index (χ0) is 13.1. The first-order chi connectivity index (χ1) is 9.34. The summed E-state index contributed by atoms with van der Waals surface area (Å²) in [6, 6.07) is 12.7. The largest absolute Gasteiger partial charge is 0.394 e. The minimum atomic E-state index is -0.265. The molecule has 0 saturated carbocycles. The number of aliphatic hydroxyl groups excluding tert-OH is 1. The van der Waals surface area contributed by atoms with E-state index in [1.54, 1.807) is 11.3 Å². The molecule has 1 aromatic heterocycles. The molecule has 0 saturated heterocycles. The summed E-state index contributed by atoms with van der Waals surface area (Å²) >= 11 is 1.76. The fourth-order valence-corrected chi connectivity index (χ4v) is 3.64. The predicted octanol–water partition coefficient (Wildman–Crippen LogP) is 3.06. The topological polar surface area (TPSA) is 32.3 Å². The average molecular weight is 273 g/mol. The number of rotatable bonds is 4. The van der Waals surface area contributed by atoms with E-state index in [-0.39, 0.29) is 12.1 Å². The van der Waals surface area contributed by atoms with Crippen LogP contribution in [0.15, 0.2) is 41.8 Å². The molecule has 3 heteroatoms. The highest BCUT2D eigenvalue weighted by molar-refractivity contribution is 7.09. The molecule has 19 heavy (non-hydrogen) atoms. The van der Waals surface area contributed by atoms with Crippen LogP contribution in [-0.4, -0.2) is 11.7 Å². The van der Waals surface area contributed by atoms with Crippen molar-refractivity contribution in [2.75, 3.05) is 6.61 Å². The van der Waals surface area contributed by atoms with E-state index in [1.807, 2.05) is 0 Å². The van der Waals surface area contributed by atoms with Gasteiger partial charge in [-0.05, 0) is 41.8 Å². The number of fused-ring (bicyclic) bond motifs is 1. The van der Waals surface area contributed by atoms with Gasteiger partial charge in [0.05, 0.1) is 12.1 Å². The molecule has 2 nitrogen and oxygen atoms in total. The Kier molecular flexibility index (Phi) is 3.69. The second-order valence-corrected chi connectivity index (χ2v) is 6.22. The molecule has 0 fully saturated rings. The van der Waals surface area contributed by atoms with E-state index in [1.165, 1.54) is 16.0 Å². The highest BCUT2D eigenvalue weighted by Crippen LogP contribution is 2.35. The van der Waals surface area contributed by atoms with Crippen molar-refractivity contribution in [1.82, 2.24) is 5.32 Å². The van der Waals surface area contributed by atoms with E-state index in [0.717, 1.165) is 25.8 Å². The molecule has 2 N–H and O–H groups in total. The minimum Gasteiger partial charge on any atom is -0.394 e. The molecule has 0 bridgehead atoms. The molecule has 1 aliphatic rings. The lowest BCUT2D eigenvalue weighted by Gasteiger charge is -2.38. The third-order valence-electron chi connectivity index (χ3n) is 4.03. The molecular weight excluding hydrogens is 254 g/mol. The van der Waals surface area contributed by atoms with Crippen molar-refractivity contribution in [1.29, 1.82) is 0 Å². The number of nitrogens with one attached hydrogen (secondary N) is 1. The SMILES string of the molecule is OC[C@@]1(NCc2cccs2)CCCc2ccccc21. The summed E-state index contributed by atoms with van der Waals surface area (Å²) in [6.45, 7) is 0.988. The van der Waals surface area contributed by atoms with Gasteiger partial charge in [-0.25, -0.2) is 0 Å². The minimum absolute atomic E-state index is 0.162. The van der Waals surface area contributed by atoms with Gasteiger partial charge in [-0.1, -0.05) is 30.3 Å². The van der Waals surface area contributed by atoms with Gasteiger partial charge in [0.1, 0.15) is 0 Å². The van der Waals surface area contributed by atoms with Crippen molar-refractivity contribution in [2.45, 2.75) is 31.3 Å². The quantitative estimate of drug-likeness (QED) is 0.897. The second kappa shape index (κ2) is 5.45. The van der Waals surface area contributed by atoms with Crippen LogP contribution in [0.5, 0.6) is 0 Å². The first kappa shape index (κ1) is 12.9. The molecular formula is C16H19NOS. The molecule has 100 valence electrons. The van der Waals surface area contributed by atoms with Crippen LogP contribution in [0, 0.1) is 0 Å². The summed E-state index contributed by atoms with van der Waals surface area (Å²) < 4.78 is 0. The van der Waals surface area contributed by atoms with Gasteiger partial charge in [-0.3, -0.25) is 0 Å². The molecule has 1 aliphatic carbocycles. The van der Waals surface area contributed by atoms with Crippen LogP contribution >= 0.6 is 11.3 Å². The lowest BCUT2D eigenvalue weighted by atomic mass is 9.77. The summed E-state index contributed by atoms with van der Waals surface area (Å²) in [7, 11) is 0. The van der Waals surface area contributed by atoms with Gasteiger partial charge in [-0.15, -0.1) is 11.3 Å². The van der Waals surface area contributed by atoms with Crippen LogP contribution in [0.25, 0.3) is 0 Å². The first-order valence-electron chi connectivity index (χ1n) is 6.81. The van der Waals surface area contributed by atoms with Crippen LogP contribution in [-0.2, 0) is 18.5 Å². The summed E-state index contributed by atoms with van der Waals surface area (Å²) in [5, 5.41) is 15.7. The number of thiophene rings is 1. The van der Waals surface area contributed by atoms with Gasteiger partial charge in [0.2, 0.25) is 0 Å². The Morgan fingerprint density at radius 2 is 2.11 bits per heavy atom. The number of aliphatic hydroxyl groups is 1. The van der Waals surface area contributed by atoms with Crippen LogP contribution in [0.1, 0.15) is 28.8 Å². The van der Waals surface area contributed by atoms with Crippen LogP contribution < -0.4 is 5.32 Å². The first-order valence-corrected chi connectivity index (χ1v) is 7.69. The van der Waals surface area contributed by atoms with Crippen molar-refractivity contribution in [3.8, 4) is 0 Å². The summed E-state index contributed by atoms with van der Waals surface area (Å²) in [4.78, 5) is 1.32. The Morgan fingerprint density at radius 3 is 2.89 bits per heavy atom. The molecule has 1 aromatic carbocycles. The predicted molar refractivity (Wildman–Crippen MR) is 79.3 cm³/mol. The lowest BCUT2D eigenvalue weighted by molar-refractivity contribution is 0.140. The van der Waals surface area contributed by atoms with Crippen LogP contribution in [0.3, 0.4) is 0 Å². The fourth-order valence-electron chi connectivity index (χ4n) is 2.99. The third-order valence-corrected chi connectivity index (χ3v) is 4.91. The third kappa shape index (κ3) is 2.46. The van der Waals surface area contributed by atoms with Crippen molar-refractivity contribution in [3.63, 3.8) is 0 Å². The van der Waals surface area contributed by atoms with E-state index >= 15 is 0 Å². The van der Waals surface area contributed by atoms with E-state index in [0.29, 0.717) is 0 Å². The van der Waals surface area contributed by atoms with Crippen molar-refractivity contribution < 1.29 is 5.11 Å². The fraction of sp³-hybridized carbons (Fsp3) is 0.375. The Balaban J connectivity index is 1.87. The van der Waals surface area contributed by atoms with Gasteiger partial charge in [0.15, 0.2) is 0 Å². The van der Waals surface area contributed by atoms with Crippen molar-refractivity contribution in [2.24, 2.45) is 0 Å². The normalized spacial score (nSPS) is 22.2. The maximum atomic E-state index is 9.96. The number of aryl methyl sites for hydroxylation is 1. The van der Waals surface area contributed by atoms with Gasteiger partial charge >= 0.3 is 0 Å². The average Bonchev–Trinajstić information content (AvgIpc) is 2.98. The summed E-state index contributed by atoms with van der Waals surface area (Å²) in [5.41, 5.74) is 2.39. The molecule has 2 aromatic rings. The van der Waals surface area contributed by atoms with E-state index in [4.69, 9.17) is 0 Å². The summed E-state index contributed by atoms with van der Waals surface area (Å²) in [5.74, 6) is 0. The van der Waals surface area contributed by atoms with Crippen molar-refractivity contribution in [3.05, 3.63) is 57.8 Å². The molecule has 0 unspecified atom stereocenters. The van der Waals surface area contributed by atoms with Crippen LogP contribution in [0.2, 0.25) is 0 Å². The molecule has 0 aliphatic heterocycles. The van der Waals surface area contributed by atoms with Gasteiger partial charge in [-0.2, -0.15) is 0 Å². The van der Waals surface area contributed by atoms with E-state index in [2.05, 4.69) is 47.1 Å². The number of benzene rings is 1. The van der Waals surface area contributed by atoms with Crippen molar-refractivity contribution >= 4 is 11.3 Å². The molecule has 0 amide bonds. The molecule has 1 heterocycles. The monoisotopic (exact) mass is 273 g/mol. The smallest absolute Gasteiger partial charge is 0.0674 e. The molecule has 3 rings (SSSR count). The number of hydrogen-bond donors (Lipinski definition) is 2. The van der Waals surface area contributed by atoms with E-state index in [9.17, 15) is 5.11 Å². The second-order valence-electron chi connectivity index (χ2n) is 5.18. The van der Waals surface area contributed by atoms with E-state index < -0.39 is 0 Å². The lowest BCUT2D eigenvalue weighted by Crippen LogP contribution is -2.47. The maximum absolute atomic E-state index is 9.96. The number of hydrogen-bond acceptors (Lipinski definition) is 3. The van der Waals surface area contributed by atoms with Gasteiger partial charge in [0, 0.05) is 11.4 Å². The molecule has 1 atom stereocenters. The standard InChI is InChI=1S/C16H19NOS/c18-12-16(17-11-14-7-4-10-19-14)9-3-6-13-5-1-2-8-15(13)16/h1-2,4-5,7-8,10,17-18H,3,6,9,11-12H2/t16-/m0/s1. The van der Waals surface area contributed by atoms with Crippen LogP contribution in [0.4, 0.5) is 0 Å². The zero-order valence-corrected chi connectivity index (χ0v) is 11.7. The highest BCUT2D eigenvalue weighted by Gasteiger charge is 2.35. The zero-order valence-electron chi connectivity index (χ0n) is 10.9. The Labute approximate surface area is 118 Å².